The van der Waals surface area contributed by atoms with Gasteiger partial charge in [-0.05, 0) is 38.2 Å². The van der Waals surface area contributed by atoms with E-state index < -0.39 is 0 Å². The molecule has 0 aromatic rings. The van der Waals surface area contributed by atoms with Crippen LogP contribution < -0.4 is 0 Å². The molecule has 0 spiro atoms. The third-order valence-corrected chi connectivity index (χ3v) is 2.46. The Hall–Kier alpha value is -0.540. The van der Waals surface area contributed by atoms with E-state index >= 15 is 0 Å². The zero-order chi connectivity index (χ0) is 10.8. The van der Waals surface area contributed by atoms with E-state index in [-0.39, 0.29) is 6.61 Å². The van der Waals surface area contributed by atoms with Crippen molar-refractivity contribution in [2.75, 3.05) is 26.4 Å². The quantitative estimate of drug-likeness (QED) is 0.630. The highest BCUT2D eigenvalue weighted by Crippen LogP contribution is 2.18. The molecule has 0 amide bonds. The van der Waals surface area contributed by atoms with Crippen molar-refractivity contribution in [3.05, 3.63) is 11.8 Å². The predicted molar refractivity (Wildman–Crippen MR) is 59.6 cm³/mol. The monoisotopic (exact) mass is 214 g/mol. The van der Waals surface area contributed by atoms with Crippen LogP contribution in [0.2, 0.25) is 0 Å². The lowest BCUT2D eigenvalue weighted by atomic mass is 10.1. The zero-order valence-corrected chi connectivity index (χ0v) is 9.41. The van der Waals surface area contributed by atoms with E-state index in [0.29, 0.717) is 6.61 Å². The predicted octanol–water partition coefficient (Wildman–Crippen LogP) is 2.25. The Morgan fingerprint density at radius 3 is 2.73 bits per heavy atom. The molecule has 3 nitrogen and oxygen atoms in total. The molecule has 0 unspecified atom stereocenters. The third kappa shape index (κ3) is 6.52. The fourth-order valence-corrected chi connectivity index (χ4v) is 1.62. The molecule has 15 heavy (non-hydrogen) atoms. The van der Waals surface area contributed by atoms with Gasteiger partial charge in [-0.2, -0.15) is 0 Å². The summed E-state index contributed by atoms with van der Waals surface area (Å²) in [6.45, 7) is 2.09. The highest BCUT2D eigenvalue weighted by Gasteiger charge is 2.03. The molecule has 0 saturated heterocycles. The van der Waals surface area contributed by atoms with Crippen molar-refractivity contribution < 1.29 is 14.6 Å². The minimum absolute atomic E-state index is 0.114. The Morgan fingerprint density at radius 1 is 1.13 bits per heavy atom. The van der Waals surface area contributed by atoms with E-state index in [1.54, 1.807) is 0 Å². The summed E-state index contributed by atoms with van der Waals surface area (Å²) in [6.07, 6.45) is 9.12. The fourth-order valence-electron chi connectivity index (χ4n) is 1.62. The minimum atomic E-state index is 0.114. The van der Waals surface area contributed by atoms with Gasteiger partial charge in [0.2, 0.25) is 0 Å². The number of rotatable bonds is 8. The van der Waals surface area contributed by atoms with E-state index in [1.807, 2.05) is 0 Å². The van der Waals surface area contributed by atoms with Gasteiger partial charge >= 0.3 is 0 Å². The highest BCUT2D eigenvalue weighted by atomic mass is 16.5. The van der Waals surface area contributed by atoms with Gasteiger partial charge in [-0.25, -0.2) is 0 Å². The first-order valence-electron chi connectivity index (χ1n) is 5.94. The molecular weight excluding hydrogens is 192 g/mol. The summed E-state index contributed by atoms with van der Waals surface area (Å²) in [7, 11) is 0. The SMILES string of the molecule is OCCOCCCCOC1=CCCCC1. The summed E-state index contributed by atoms with van der Waals surface area (Å²) in [4.78, 5) is 0. The van der Waals surface area contributed by atoms with Crippen molar-refractivity contribution in [2.45, 2.75) is 38.5 Å². The van der Waals surface area contributed by atoms with Crippen molar-refractivity contribution in [2.24, 2.45) is 0 Å². The van der Waals surface area contributed by atoms with Crippen molar-refractivity contribution in [3.8, 4) is 0 Å². The normalized spacial score (nSPS) is 16.2. The number of hydrogen-bond acceptors (Lipinski definition) is 3. The Kier molecular flexibility index (Phi) is 7.30. The maximum atomic E-state index is 8.48. The molecule has 1 aliphatic carbocycles. The van der Waals surface area contributed by atoms with Crippen LogP contribution in [0.4, 0.5) is 0 Å². The van der Waals surface area contributed by atoms with Crippen LogP contribution in [0.1, 0.15) is 38.5 Å². The summed E-state index contributed by atoms with van der Waals surface area (Å²) in [5.41, 5.74) is 0. The lowest BCUT2D eigenvalue weighted by Gasteiger charge is -2.14. The number of aliphatic hydroxyl groups is 1. The number of unbranched alkanes of at least 4 members (excludes halogenated alkanes) is 1. The van der Waals surface area contributed by atoms with Gasteiger partial charge in [0.1, 0.15) is 0 Å². The molecule has 1 rings (SSSR count). The lowest BCUT2D eigenvalue weighted by molar-refractivity contribution is 0.0849. The number of aliphatic hydroxyl groups excluding tert-OH is 1. The standard InChI is InChI=1S/C12H22O3/c13-8-11-14-9-4-5-10-15-12-6-2-1-3-7-12/h6,13H,1-5,7-11H2. The topological polar surface area (TPSA) is 38.7 Å². The first-order chi connectivity index (χ1) is 7.43. The van der Waals surface area contributed by atoms with Gasteiger partial charge in [0.25, 0.3) is 0 Å². The second-order valence-electron chi connectivity index (χ2n) is 3.81. The average molecular weight is 214 g/mol. The molecule has 0 fully saturated rings. The van der Waals surface area contributed by atoms with Crippen molar-refractivity contribution >= 4 is 0 Å². The van der Waals surface area contributed by atoms with Gasteiger partial charge in [-0.15, -0.1) is 0 Å². The number of ether oxygens (including phenoxy) is 2. The summed E-state index contributed by atoms with van der Waals surface area (Å²) in [5.74, 6) is 1.18. The first-order valence-corrected chi connectivity index (χ1v) is 5.94. The van der Waals surface area contributed by atoms with Crippen LogP contribution in [-0.2, 0) is 9.47 Å². The van der Waals surface area contributed by atoms with Crippen LogP contribution in [0.15, 0.2) is 11.8 Å². The average Bonchev–Trinajstić information content (AvgIpc) is 2.29. The van der Waals surface area contributed by atoms with Gasteiger partial charge in [-0.1, -0.05) is 0 Å². The second kappa shape index (κ2) is 8.74. The van der Waals surface area contributed by atoms with Gasteiger partial charge in [0.05, 0.1) is 25.6 Å². The minimum Gasteiger partial charge on any atom is -0.498 e. The molecular formula is C12H22O3. The van der Waals surface area contributed by atoms with E-state index in [0.717, 1.165) is 32.5 Å². The summed E-state index contributed by atoms with van der Waals surface area (Å²) < 4.78 is 10.8. The molecule has 0 atom stereocenters. The van der Waals surface area contributed by atoms with Crippen LogP contribution in [0.5, 0.6) is 0 Å². The van der Waals surface area contributed by atoms with Crippen LogP contribution in [0, 0.1) is 0 Å². The van der Waals surface area contributed by atoms with Crippen LogP contribution in [0.3, 0.4) is 0 Å². The molecule has 3 heteroatoms. The van der Waals surface area contributed by atoms with Gasteiger partial charge in [0, 0.05) is 13.0 Å². The third-order valence-electron chi connectivity index (χ3n) is 2.46. The largest absolute Gasteiger partial charge is 0.498 e. The summed E-state index contributed by atoms with van der Waals surface area (Å²) in [6, 6.07) is 0. The highest BCUT2D eigenvalue weighted by molar-refractivity contribution is 4.96. The summed E-state index contributed by atoms with van der Waals surface area (Å²) in [5, 5.41) is 8.48. The maximum Gasteiger partial charge on any atom is 0.0919 e. The molecule has 88 valence electrons. The first kappa shape index (κ1) is 12.5. The van der Waals surface area contributed by atoms with Crippen LogP contribution in [-0.4, -0.2) is 31.5 Å². The van der Waals surface area contributed by atoms with Gasteiger partial charge in [-0.3, -0.25) is 0 Å². The van der Waals surface area contributed by atoms with Gasteiger partial charge < -0.3 is 14.6 Å². The molecule has 0 saturated carbocycles. The van der Waals surface area contributed by atoms with Crippen LogP contribution in [0.25, 0.3) is 0 Å². The Morgan fingerprint density at radius 2 is 2.00 bits per heavy atom. The Bertz CT molecular complexity index is 178. The molecule has 0 aliphatic heterocycles. The van der Waals surface area contributed by atoms with Crippen molar-refractivity contribution in [1.82, 2.24) is 0 Å². The van der Waals surface area contributed by atoms with E-state index in [4.69, 9.17) is 14.6 Å². The van der Waals surface area contributed by atoms with E-state index in [9.17, 15) is 0 Å². The maximum absolute atomic E-state index is 8.48. The van der Waals surface area contributed by atoms with Gasteiger partial charge in [0.15, 0.2) is 0 Å². The fraction of sp³-hybridized carbons (Fsp3) is 0.833. The second-order valence-corrected chi connectivity index (χ2v) is 3.81. The molecule has 0 bridgehead atoms. The number of allylic oxidation sites excluding steroid dienone is 2. The Balaban J connectivity index is 1.86. The molecule has 0 aromatic heterocycles. The lowest BCUT2D eigenvalue weighted by Crippen LogP contribution is -2.03. The molecule has 1 aliphatic rings. The van der Waals surface area contributed by atoms with E-state index in [2.05, 4.69) is 6.08 Å². The number of hydrogen-bond donors (Lipinski definition) is 1. The van der Waals surface area contributed by atoms with Crippen molar-refractivity contribution in [3.63, 3.8) is 0 Å². The van der Waals surface area contributed by atoms with E-state index in [1.165, 1.54) is 25.0 Å². The Labute approximate surface area is 92.1 Å². The smallest absolute Gasteiger partial charge is 0.0919 e. The molecule has 0 aromatic carbocycles. The molecule has 0 radical (unpaired) electrons. The zero-order valence-electron chi connectivity index (χ0n) is 9.41. The van der Waals surface area contributed by atoms with Crippen LogP contribution >= 0.6 is 0 Å². The molecule has 0 heterocycles. The van der Waals surface area contributed by atoms with Crippen molar-refractivity contribution in [1.29, 1.82) is 0 Å². The summed E-state index contributed by atoms with van der Waals surface area (Å²) >= 11 is 0. The molecule has 1 N–H and O–H groups in total.